The predicted octanol–water partition coefficient (Wildman–Crippen LogP) is 1.86. The van der Waals surface area contributed by atoms with Gasteiger partial charge in [0.15, 0.2) is 5.16 Å². The van der Waals surface area contributed by atoms with Gasteiger partial charge in [0.05, 0.1) is 17.1 Å². The number of aromatic nitrogens is 4. The number of nitrogens with zero attached hydrogens (tertiary/aromatic N) is 3. The molecule has 2 N–H and O–H groups in total. The molecule has 3 rings (SSSR count). The first-order valence-corrected chi connectivity index (χ1v) is 9.76. The Morgan fingerprint density at radius 3 is 2.64 bits per heavy atom. The minimum atomic E-state index is -0.347. The fraction of sp³-hybridized carbons (Fsp3) is 0.263. The van der Waals surface area contributed by atoms with Gasteiger partial charge in [0, 0.05) is 18.8 Å². The number of anilines is 1. The van der Waals surface area contributed by atoms with E-state index < -0.39 is 0 Å². The van der Waals surface area contributed by atoms with Gasteiger partial charge in [0.25, 0.3) is 11.1 Å². The number of para-hydroxylation sites is 1. The van der Waals surface area contributed by atoms with Gasteiger partial charge in [-0.25, -0.2) is 9.67 Å². The van der Waals surface area contributed by atoms with Crippen LogP contribution >= 0.6 is 11.8 Å². The van der Waals surface area contributed by atoms with Crippen LogP contribution in [0.5, 0.6) is 0 Å². The number of thioether (sulfide) groups is 1. The summed E-state index contributed by atoms with van der Waals surface area (Å²) in [5.74, 6) is -0.324. The van der Waals surface area contributed by atoms with E-state index in [9.17, 15) is 14.4 Å². The van der Waals surface area contributed by atoms with Crippen molar-refractivity contribution in [1.82, 2.24) is 19.3 Å². The van der Waals surface area contributed by atoms with Crippen LogP contribution in [0.1, 0.15) is 18.3 Å². The van der Waals surface area contributed by atoms with E-state index in [2.05, 4.69) is 15.3 Å². The monoisotopic (exact) mass is 399 g/mol. The fourth-order valence-corrected chi connectivity index (χ4v) is 3.45. The number of aryl methyl sites for hydroxylation is 1. The Morgan fingerprint density at radius 2 is 1.96 bits per heavy atom. The number of hydrogen-bond acceptors (Lipinski definition) is 5. The van der Waals surface area contributed by atoms with E-state index in [-0.39, 0.29) is 28.5 Å². The van der Waals surface area contributed by atoms with Crippen LogP contribution in [-0.2, 0) is 18.3 Å². The summed E-state index contributed by atoms with van der Waals surface area (Å²) in [7, 11) is 1.76. The number of benzene rings is 1. The van der Waals surface area contributed by atoms with Crippen molar-refractivity contribution in [3.05, 3.63) is 68.5 Å². The molecular formula is C19H21N5O3S. The molecule has 0 saturated heterocycles. The Kier molecular flexibility index (Phi) is 5.84. The highest BCUT2D eigenvalue weighted by Gasteiger charge is 2.18. The van der Waals surface area contributed by atoms with Gasteiger partial charge < -0.3 is 10.3 Å². The molecule has 0 aliphatic rings. The van der Waals surface area contributed by atoms with Crippen molar-refractivity contribution in [3.63, 3.8) is 0 Å². The van der Waals surface area contributed by atoms with Crippen LogP contribution in [0.4, 0.5) is 5.69 Å². The summed E-state index contributed by atoms with van der Waals surface area (Å²) in [6.07, 6.45) is 0.631. The molecule has 0 atom stereocenters. The maximum Gasteiger partial charge on any atom is 0.295 e. The Labute approximate surface area is 165 Å². The number of carbonyl (C=O) groups is 1. The molecule has 0 fully saturated rings. The molecule has 2 heterocycles. The predicted molar refractivity (Wildman–Crippen MR) is 109 cm³/mol. The zero-order valence-electron chi connectivity index (χ0n) is 15.9. The molecule has 0 unspecified atom stereocenters. The number of H-pyrrole nitrogens is 1. The highest BCUT2D eigenvalue weighted by molar-refractivity contribution is 7.99. The molecular weight excluding hydrogens is 378 g/mol. The van der Waals surface area contributed by atoms with Gasteiger partial charge in [0.2, 0.25) is 5.91 Å². The first kappa shape index (κ1) is 19.7. The van der Waals surface area contributed by atoms with E-state index in [1.165, 1.54) is 10.7 Å². The van der Waals surface area contributed by atoms with Crippen LogP contribution in [0.15, 0.2) is 51.1 Å². The molecule has 1 amide bonds. The van der Waals surface area contributed by atoms with Crippen LogP contribution in [0.3, 0.4) is 0 Å². The summed E-state index contributed by atoms with van der Waals surface area (Å²) < 4.78 is 3.20. The van der Waals surface area contributed by atoms with Crippen LogP contribution in [0.25, 0.3) is 5.69 Å². The molecule has 28 heavy (non-hydrogen) atoms. The molecule has 0 radical (unpaired) electrons. The summed E-state index contributed by atoms with van der Waals surface area (Å²) in [4.78, 5) is 43.7. The van der Waals surface area contributed by atoms with Gasteiger partial charge in [-0.1, -0.05) is 36.9 Å². The minimum absolute atomic E-state index is 0.0230. The summed E-state index contributed by atoms with van der Waals surface area (Å²) in [6, 6.07) is 10.6. The quantitative estimate of drug-likeness (QED) is 0.487. The van der Waals surface area contributed by atoms with Crippen molar-refractivity contribution in [2.75, 3.05) is 11.1 Å². The molecule has 2 aromatic heterocycles. The van der Waals surface area contributed by atoms with E-state index >= 15 is 0 Å². The van der Waals surface area contributed by atoms with Gasteiger partial charge in [-0.15, -0.1) is 0 Å². The number of nitrogens with one attached hydrogen (secondary N) is 2. The number of aromatic amines is 1. The fourth-order valence-electron chi connectivity index (χ4n) is 2.75. The lowest BCUT2D eigenvalue weighted by atomic mass is 10.3. The SMILES string of the molecule is CCc1cc(=O)[nH]c(SCC(=O)Nc2c(C)n(C)n(-c3ccccc3)c2=O)n1. The van der Waals surface area contributed by atoms with E-state index in [1.807, 2.05) is 37.3 Å². The van der Waals surface area contributed by atoms with E-state index in [4.69, 9.17) is 0 Å². The first-order valence-electron chi connectivity index (χ1n) is 8.77. The zero-order valence-corrected chi connectivity index (χ0v) is 16.7. The second kappa shape index (κ2) is 8.30. The Balaban J connectivity index is 1.77. The number of amides is 1. The number of rotatable bonds is 6. The third kappa shape index (κ3) is 4.09. The molecule has 9 heteroatoms. The van der Waals surface area contributed by atoms with Crippen molar-refractivity contribution >= 4 is 23.4 Å². The average molecular weight is 399 g/mol. The Bertz CT molecular complexity index is 1110. The molecule has 0 spiro atoms. The molecule has 0 bridgehead atoms. The van der Waals surface area contributed by atoms with Gasteiger partial charge in [-0.3, -0.25) is 19.1 Å². The second-order valence-corrected chi connectivity index (χ2v) is 7.13. The first-order chi connectivity index (χ1) is 13.4. The molecule has 146 valence electrons. The van der Waals surface area contributed by atoms with Crippen LogP contribution < -0.4 is 16.4 Å². The number of carbonyl (C=O) groups excluding carboxylic acids is 1. The third-order valence-corrected chi connectivity index (χ3v) is 5.17. The molecule has 0 aliphatic carbocycles. The zero-order chi connectivity index (χ0) is 20.3. The summed E-state index contributed by atoms with van der Waals surface area (Å²) >= 11 is 1.12. The minimum Gasteiger partial charge on any atom is -0.319 e. The second-order valence-electron chi connectivity index (χ2n) is 6.17. The Morgan fingerprint density at radius 1 is 1.25 bits per heavy atom. The lowest BCUT2D eigenvalue weighted by Gasteiger charge is -2.07. The highest BCUT2D eigenvalue weighted by atomic mass is 32.2. The van der Waals surface area contributed by atoms with Crippen molar-refractivity contribution in [3.8, 4) is 5.69 Å². The van der Waals surface area contributed by atoms with Gasteiger partial charge in [0.1, 0.15) is 5.69 Å². The summed E-state index contributed by atoms with van der Waals surface area (Å²) in [5, 5.41) is 3.07. The van der Waals surface area contributed by atoms with Crippen molar-refractivity contribution in [2.24, 2.45) is 7.05 Å². The average Bonchev–Trinajstić information content (AvgIpc) is 2.90. The molecule has 3 aromatic rings. The van der Waals surface area contributed by atoms with Crippen LogP contribution in [-0.4, -0.2) is 31.0 Å². The van der Waals surface area contributed by atoms with Gasteiger partial charge >= 0.3 is 0 Å². The van der Waals surface area contributed by atoms with E-state index in [0.717, 1.165) is 11.8 Å². The van der Waals surface area contributed by atoms with Crippen molar-refractivity contribution in [1.29, 1.82) is 0 Å². The van der Waals surface area contributed by atoms with E-state index in [0.29, 0.717) is 28.7 Å². The normalized spacial score (nSPS) is 10.8. The lowest BCUT2D eigenvalue weighted by molar-refractivity contribution is -0.113. The van der Waals surface area contributed by atoms with Gasteiger partial charge in [-0.2, -0.15) is 0 Å². The molecule has 8 nitrogen and oxygen atoms in total. The maximum absolute atomic E-state index is 12.8. The van der Waals surface area contributed by atoms with Gasteiger partial charge in [-0.05, 0) is 25.5 Å². The lowest BCUT2D eigenvalue weighted by Crippen LogP contribution is -2.23. The highest BCUT2D eigenvalue weighted by Crippen LogP contribution is 2.16. The van der Waals surface area contributed by atoms with E-state index in [1.54, 1.807) is 18.7 Å². The maximum atomic E-state index is 12.8. The molecule has 0 saturated carbocycles. The summed E-state index contributed by atoms with van der Waals surface area (Å²) in [5.41, 5.74) is 1.71. The number of hydrogen-bond donors (Lipinski definition) is 2. The standard InChI is InChI=1S/C19H21N5O3S/c1-4-13-10-15(25)22-19(20-13)28-11-16(26)21-17-12(2)23(3)24(18(17)27)14-8-6-5-7-9-14/h5-10H,4,11H2,1-3H3,(H,21,26)(H,20,22,25). The van der Waals surface area contributed by atoms with Crippen molar-refractivity contribution in [2.45, 2.75) is 25.4 Å². The smallest absolute Gasteiger partial charge is 0.295 e. The Hall–Kier alpha value is -3.07. The third-order valence-electron chi connectivity index (χ3n) is 4.29. The van der Waals surface area contributed by atoms with Crippen molar-refractivity contribution < 1.29 is 4.79 Å². The molecule has 0 aliphatic heterocycles. The molecule has 1 aromatic carbocycles. The largest absolute Gasteiger partial charge is 0.319 e. The topological polar surface area (TPSA) is 102 Å². The van der Waals surface area contributed by atoms with Crippen LogP contribution in [0, 0.1) is 6.92 Å². The van der Waals surface area contributed by atoms with Crippen LogP contribution in [0.2, 0.25) is 0 Å². The summed E-state index contributed by atoms with van der Waals surface area (Å²) in [6.45, 7) is 3.67.